The summed E-state index contributed by atoms with van der Waals surface area (Å²) in [6, 6.07) is 9.80. The zero-order valence-electron chi connectivity index (χ0n) is 18.7. The minimum Gasteiger partial charge on any atom is -0.353 e. The second-order valence-corrected chi connectivity index (χ2v) is 8.85. The third kappa shape index (κ3) is 4.29. The molecule has 1 N–H and O–H groups in total. The number of aryl methyl sites for hydroxylation is 2. The summed E-state index contributed by atoms with van der Waals surface area (Å²) in [4.78, 5) is 25.6. The third-order valence-corrected chi connectivity index (χ3v) is 6.78. The third-order valence-electron chi connectivity index (χ3n) is 6.78. The Kier molecular flexibility index (Phi) is 6.25. The van der Waals surface area contributed by atoms with Gasteiger partial charge in [0.1, 0.15) is 0 Å². The van der Waals surface area contributed by atoms with Gasteiger partial charge in [-0.3, -0.25) is 9.59 Å². The lowest BCUT2D eigenvalue weighted by atomic mass is 9.86. The first-order valence-electron chi connectivity index (χ1n) is 11.4. The second-order valence-electron chi connectivity index (χ2n) is 8.85. The highest BCUT2D eigenvalue weighted by Crippen LogP contribution is 2.25. The highest BCUT2D eigenvalue weighted by Gasteiger charge is 2.22. The Balaban J connectivity index is 1.49. The SMILES string of the molecule is Cc1c2cnn(-c3ccccc3)c(=O)c2c(C)n1CCCC(=O)N[C@H]1CCCC[C@H]1C. The van der Waals surface area contributed by atoms with Crippen molar-refractivity contribution in [3.05, 3.63) is 58.3 Å². The lowest BCUT2D eigenvalue weighted by molar-refractivity contribution is -0.122. The molecule has 0 aliphatic heterocycles. The standard InChI is InChI=1S/C25H32N4O2/c1-17-10-7-8-13-22(17)27-23(30)14-9-15-28-18(2)21-16-26-29(20-11-5-4-6-12-20)25(31)24(21)19(28)3/h4-6,11-12,16-17,22H,7-10,13-15H2,1-3H3,(H,27,30)/t17-,22+/m1/s1. The minimum absolute atomic E-state index is 0.105. The van der Waals surface area contributed by atoms with Gasteiger partial charge in [-0.2, -0.15) is 9.78 Å². The molecule has 164 valence electrons. The summed E-state index contributed by atoms with van der Waals surface area (Å²) >= 11 is 0. The van der Waals surface area contributed by atoms with Gasteiger partial charge in [-0.25, -0.2) is 0 Å². The van der Waals surface area contributed by atoms with Crippen LogP contribution >= 0.6 is 0 Å². The molecule has 1 aliphatic carbocycles. The van der Waals surface area contributed by atoms with Crippen molar-refractivity contribution in [1.29, 1.82) is 0 Å². The summed E-state index contributed by atoms with van der Waals surface area (Å²) in [7, 11) is 0. The fourth-order valence-corrected chi connectivity index (χ4v) is 4.91. The number of benzene rings is 1. The van der Waals surface area contributed by atoms with E-state index in [1.165, 1.54) is 23.9 Å². The Hall–Kier alpha value is -2.89. The van der Waals surface area contributed by atoms with Crippen LogP contribution < -0.4 is 10.9 Å². The molecule has 6 heteroatoms. The average Bonchev–Trinajstić information content (AvgIpc) is 3.01. The lowest BCUT2D eigenvalue weighted by Gasteiger charge is -2.29. The smallest absolute Gasteiger partial charge is 0.281 e. The molecule has 31 heavy (non-hydrogen) atoms. The zero-order valence-corrected chi connectivity index (χ0v) is 18.7. The highest BCUT2D eigenvalue weighted by atomic mass is 16.1. The van der Waals surface area contributed by atoms with E-state index in [1.54, 1.807) is 6.20 Å². The molecule has 2 aromatic heterocycles. The van der Waals surface area contributed by atoms with Crippen molar-refractivity contribution in [1.82, 2.24) is 19.7 Å². The first kappa shape index (κ1) is 21.3. The first-order valence-corrected chi connectivity index (χ1v) is 11.4. The maximum Gasteiger partial charge on any atom is 0.281 e. The summed E-state index contributed by atoms with van der Waals surface area (Å²) in [5.41, 5.74) is 2.62. The van der Waals surface area contributed by atoms with Gasteiger partial charge in [-0.05, 0) is 51.2 Å². The molecule has 0 saturated heterocycles. The van der Waals surface area contributed by atoms with E-state index in [-0.39, 0.29) is 11.5 Å². The van der Waals surface area contributed by atoms with E-state index in [1.807, 2.05) is 44.2 Å². The summed E-state index contributed by atoms with van der Waals surface area (Å²) < 4.78 is 3.61. The Morgan fingerprint density at radius 1 is 1.13 bits per heavy atom. The van der Waals surface area contributed by atoms with E-state index < -0.39 is 0 Å². The largest absolute Gasteiger partial charge is 0.353 e. The van der Waals surface area contributed by atoms with E-state index >= 15 is 0 Å². The maximum absolute atomic E-state index is 13.2. The molecule has 3 aromatic rings. The Morgan fingerprint density at radius 2 is 1.87 bits per heavy atom. The molecular weight excluding hydrogens is 388 g/mol. The normalized spacial score (nSPS) is 18.9. The van der Waals surface area contributed by atoms with Crippen LogP contribution in [0.15, 0.2) is 41.3 Å². The van der Waals surface area contributed by atoms with Gasteiger partial charge < -0.3 is 9.88 Å². The molecule has 1 aromatic carbocycles. The van der Waals surface area contributed by atoms with Crippen LogP contribution in [0.1, 0.15) is 56.8 Å². The molecule has 2 atom stereocenters. The van der Waals surface area contributed by atoms with Crippen molar-refractivity contribution >= 4 is 16.7 Å². The zero-order chi connectivity index (χ0) is 22.0. The van der Waals surface area contributed by atoms with Crippen molar-refractivity contribution in [3.8, 4) is 5.69 Å². The predicted octanol–water partition coefficient (Wildman–Crippen LogP) is 4.28. The summed E-state index contributed by atoms with van der Waals surface area (Å²) in [6.07, 6.45) is 7.80. The number of hydrogen-bond donors (Lipinski definition) is 1. The summed E-state index contributed by atoms with van der Waals surface area (Å²) in [6.45, 7) is 6.95. The number of fused-ring (bicyclic) bond motifs is 1. The first-order chi connectivity index (χ1) is 15.0. The van der Waals surface area contributed by atoms with Gasteiger partial charge >= 0.3 is 0 Å². The van der Waals surface area contributed by atoms with Crippen LogP contribution in [0.2, 0.25) is 0 Å². The van der Waals surface area contributed by atoms with Crippen LogP contribution in [-0.4, -0.2) is 26.3 Å². The van der Waals surface area contributed by atoms with E-state index in [0.717, 1.165) is 35.3 Å². The number of aromatic nitrogens is 3. The molecule has 0 spiro atoms. The molecule has 1 aliphatic rings. The van der Waals surface area contributed by atoms with Crippen molar-refractivity contribution in [2.24, 2.45) is 5.92 Å². The molecule has 1 fully saturated rings. The molecule has 1 saturated carbocycles. The quantitative estimate of drug-likeness (QED) is 0.647. The number of amides is 1. The van der Waals surface area contributed by atoms with Gasteiger partial charge in [-0.15, -0.1) is 0 Å². The van der Waals surface area contributed by atoms with E-state index in [4.69, 9.17) is 0 Å². The number of nitrogens with one attached hydrogen (secondary N) is 1. The van der Waals surface area contributed by atoms with E-state index in [0.29, 0.717) is 30.3 Å². The van der Waals surface area contributed by atoms with E-state index in [9.17, 15) is 9.59 Å². The molecule has 4 rings (SSSR count). The topological polar surface area (TPSA) is 68.9 Å². The fourth-order valence-electron chi connectivity index (χ4n) is 4.91. The summed E-state index contributed by atoms with van der Waals surface area (Å²) in [5.74, 6) is 0.704. The molecule has 6 nitrogen and oxygen atoms in total. The van der Waals surface area contributed by atoms with Gasteiger partial charge in [0.15, 0.2) is 0 Å². The number of rotatable bonds is 6. The van der Waals surface area contributed by atoms with Gasteiger partial charge in [0.25, 0.3) is 5.56 Å². The van der Waals surface area contributed by atoms with E-state index in [2.05, 4.69) is 21.9 Å². The molecule has 0 radical (unpaired) electrons. The predicted molar refractivity (Wildman–Crippen MR) is 124 cm³/mol. The van der Waals surface area contributed by atoms with Crippen LogP contribution in [0.25, 0.3) is 16.5 Å². The monoisotopic (exact) mass is 420 g/mol. The van der Waals surface area contributed by atoms with Crippen LogP contribution in [0.5, 0.6) is 0 Å². The van der Waals surface area contributed by atoms with Crippen LogP contribution in [-0.2, 0) is 11.3 Å². The van der Waals surface area contributed by atoms with Gasteiger partial charge in [0.05, 0.1) is 17.3 Å². The van der Waals surface area contributed by atoms with Crippen molar-refractivity contribution in [2.45, 2.75) is 71.9 Å². The molecular formula is C25H32N4O2. The number of nitrogens with zero attached hydrogens (tertiary/aromatic N) is 3. The Bertz CT molecular complexity index is 1130. The molecule has 0 unspecified atom stereocenters. The number of hydrogen-bond acceptors (Lipinski definition) is 3. The minimum atomic E-state index is -0.105. The average molecular weight is 421 g/mol. The number of para-hydroxylation sites is 1. The van der Waals surface area contributed by atoms with Crippen molar-refractivity contribution < 1.29 is 4.79 Å². The Labute approximate surface area is 183 Å². The fraction of sp³-hybridized carbons (Fsp3) is 0.480. The van der Waals surface area contributed by atoms with Crippen LogP contribution in [0.4, 0.5) is 0 Å². The summed E-state index contributed by atoms with van der Waals surface area (Å²) in [5, 5.41) is 9.22. The Morgan fingerprint density at radius 3 is 2.61 bits per heavy atom. The number of carbonyl (C=O) groups is 1. The molecule has 2 heterocycles. The molecule has 1 amide bonds. The van der Waals surface area contributed by atoms with Gasteiger partial charge in [-0.1, -0.05) is 38.0 Å². The number of carbonyl (C=O) groups excluding carboxylic acids is 1. The highest BCUT2D eigenvalue weighted by molar-refractivity contribution is 5.87. The maximum atomic E-state index is 13.2. The lowest BCUT2D eigenvalue weighted by Crippen LogP contribution is -2.41. The van der Waals surface area contributed by atoms with Crippen molar-refractivity contribution in [3.63, 3.8) is 0 Å². The van der Waals surface area contributed by atoms with Gasteiger partial charge in [0, 0.05) is 35.8 Å². The van der Waals surface area contributed by atoms with Crippen LogP contribution in [0, 0.1) is 19.8 Å². The molecule has 0 bridgehead atoms. The van der Waals surface area contributed by atoms with Crippen LogP contribution in [0.3, 0.4) is 0 Å². The van der Waals surface area contributed by atoms with Crippen molar-refractivity contribution in [2.75, 3.05) is 0 Å². The second kappa shape index (κ2) is 9.08. The van der Waals surface area contributed by atoms with Gasteiger partial charge in [0.2, 0.25) is 5.91 Å².